The van der Waals surface area contributed by atoms with E-state index in [1.54, 1.807) is 11.3 Å². The number of carbonyl (C=O) groups excluding carboxylic acids is 1. The molecule has 0 radical (unpaired) electrons. The van der Waals surface area contributed by atoms with Gasteiger partial charge < -0.3 is 0 Å². The molecular formula is C13H7ClOS. The molecule has 16 heavy (non-hydrogen) atoms. The predicted octanol–water partition coefficient (Wildman–Crippen LogP) is 4.52. The number of fused-ring (bicyclic) bond motifs is 3. The van der Waals surface area contributed by atoms with Crippen molar-refractivity contribution < 1.29 is 4.79 Å². The minimum absolute atomic E-state index is 0.702. The third kappa shape index (κ3) is 1.34. The fraction of sp³-hybridized carbons (Fsp3) is 0. The van der Waals surface area contributed by atoms with E-state index in [4.69, 9.17) is 11.6 Å². The number of benzene rings is 2. The molecule has 1 nitrogen and oxygen atoms in total. The van der Waals surface area contributed by atoms with Crippen molar-refractivity contribution in [2.75, 3.05) is 0 Å². The quantitative estimate of drug-likeness (QED) is 0.577. The summed E-state index contributed by atoms with van der Waals surface area (Å²) < 4.78 is 2.29. The van der Waals surface area contributed by atoms with Crippen LogP contribution in [0.25, 0.3) is 20.2 Å². The summed E-state index contributed by atoms with van der Waals surface area (Å²) in [5.74, 6) is 0. The molecule has 0 fully saturated rings. The summed E-state index contributed by atoms with van der Waals surface area (Å²) in [7, 11) is 0. The molecule has 3 rings (SSSR count). The Morgan fingerprint density at radius 3 is 2.81 bits per heavy atom. The van der Waals surface area contributed by atoms with Gasteiger partial charge in [0.05, 0.1) is 0 Å². The van der Waals surface area contributed by atoms with Gasteiger partial charge in [0.2, 0.25) is 0 Å². The number of hydrogen-bond acceptors (Lipinski definition) is 2. The Morgan fingerprint density at radius 1 is 1.12 bits per heavy atom. The van der Waals surface area contributed by atoms with E-state index in [1.807, 2.05) is 36.4 Å². The standard InChI is InChI=1S/C13H7ClOS/c14-9-4-5-11-10(6-9)13-8(7-15)2-1-3-12(13)16-11/h1-7H. The molecule has 0 amide bonds. The molecule has 1 aromatic heterocycles. The van der Waals surface area contributed by atoms with Crippen molar-refractivity contribution >= 4 is 49.4 Å². The normalized spacial score (nSPS) is 11.1. The molecule has 0 aliphatic heterocycles. The van der Waals surface area contributed by atoms with Gasteiger partial charge in [0.1, 0.15) is 0 Å². The molecule has 0 saturated heterocycles. The Bertz CT molecular complexity index is 700. The van der Waals surface area contributed by atoms with Crippen molar-refractivity contribution in [1.82, 2.24) is 0 Å². The Balaban J connectivity index is 2.59. The largest absolute Gasteiger partial charge is 0.298 e. The van der Waals surface area contributed by atoms with Crippen molar-refractivity contribution in [1.29, 1.82) is 0 Å². The van der Waals surface area contributed by atoms with Gasteiger partial charge >= 0.3 is 0 Å². The topological polar surface area (TPSA) is 17.1 Å². The van der Waals surface area contributed by atoms with Crippen LogP contribution in [0.2, 0.25) is 5.02 Å². The van der Waals surface area contributed by atoms with E-state index < -0.39 is 0 Å². The van der Waals surface area contributed by atoms with Gasteiger partial charge in [0.15, 0.2) is 6.29 Å². The number of aldehydes is 1. The third-order valence-corrected chi connectivity index (χ3v) is 3.99. The van der Waals surface area contributed by atoms with Crippen LogP contribution in [0.1, 0.15) is 10.4 Å². The minimum atomic E-state index is 0.702. The van der Waals surface area contributed by atoms with E-state index in [-0.39, 0.29) is 0 Å². The van der Waals surface area contributed by atoms with Gasteiger partial charge in [-0.1, -0.05) is 23.7 Å². The molecular weight excluding hydrogens is 240 g/mol. The minimum Gasteiger partial charge on any atom is -0.298 e. The molecule has 0 atom stereocenters. The molecule has 3 aromatic rings. The number of thiophene rings is 1. The predicted molar refractivity (Wildman–Crippen MR) is 69.7 cm³/mol. The van der Waals surface area contributed by atoms with Crippen molar-refractivity contribution in [3.63, 3.8) is 0 Å². The molecule has 2 aromatic carbocycles. The highest BCUT2D eigenvalue weighted by molar-refractivity contribution is 7.25. The second-order valence-electron chi connectivity index (χ2n) is 3.58. The van der Waals surface area contributed by atoms with Crippen LogP contribution in [-0.2, 0) is 0 Å². The summed E-state index contributed by atoms with van der Waals surface area (Å²) >= 11 is 7.67. The highest BCUT2D eigenvalue weighted by Gasteiger charge is 2.08. The van der Waals surface area contributed by atoms with Gasteiger partial charge in [-0.25, -0.2) is 0 Å². The van der Waals surface area contributed by atoms with E-state index in [1.165, 1.54) is 0 Å². The van der Waals surface area contributed by atoms with Crippen LogP contribution in [0.4, 0.5) is 0 Å². The lowest BCUT2D eigenvalue weighted by atomic mass is 10.1. The first-order chi connectivity index (χ1) is 7.79. The van der Waals surface area contributed by atoms with Crippen molar-refractivity contribution in [3.05, 3.63) is 47.0 Å². The summed E-state index contributed by atoms with van der Waals surface area (Å²) in [4.78, 5) is 11.0. The first-order valence-electron chi connectivity index (χ1n) is 4.85. The molecule has 0 unspecified atom stereocenters. The molecule has 0 bridgehead atoms. The van der Waals surface area contributed by atoms with E-state index in [2.05, 4.69) is 0 Å². The number of hydrogen-bond donors (Lipinski definition) is 0. The van der Waals surface area contributed by atoms with Gasteiger partial charge in [0.25, 0.3) is 0 Å². The fourth-order valence-electron chi connectivity index (χ4n) is 1.92. The second kappa shape index (κ2) is 3.58. The monoisotopic (exact) mass is 246 g/mol. The molecule has 78 valence electrons. The Hall–Kier alpha value is -1.38. The SMILES string of the molecule is O=Cc1cccc2sc3ccc(Cl)cc3c12. The highest BCUT2D eigenvalue weighted by Crippen LogP contribution is 2.36. The summed E-state index contributed by atoms with van der Waals surface area (Å²) in [6.45, 7) is 0. The number of carbonyl (C=O) groups is 1. The maximum Gasteiger partial charge on any atom is 0.150 e. The van der Waals surface area contributed by atoms with Gasteiger partial charge in [-0.3, -0.25) is 4.79 Å². The lowest BCUT2D eigenvalue weighted by Crippen LogP contribution is -1.79. The Kier molecular flexibility index (Phi) is 2.20. The van der Waals surface area contributed by atoms with Crippen LogP contribution in [0.3, 0.4) is 0 Å². The molecule has 0 spiro atoms. The zero-order valence-electron chi connectivity index (χ0n) is 8.24. The smallest absolute Gasteiger partial charge is 0.150 e. The van der Waals surface area contributed by atoms with Crippen LogP contribution in [-0.4, -0.2) is 6.29 Å². The van der Waals surface area contributed by atoms with Crippen molar-refractivity contribution in [2.45, 2.75) is 0 Å². The molecule has 0 saturated carbocycles. The molecule has 0 aliphatic rings. The van der Waals surface area contributed by atoms with Crippen LogP contribution in [0, 0.1) is 0 Å². The Morgan fingerprint density at radius 2 is 2.00 bits per heavy atom. The summed E-state index contributed by atoms with van der Waals surface area (Å²) in [5.41, 5.74) is 0.728. The van der Waals surface area contributed by atoms with Gasteiger partial charge in [-0.2, -0.15) is 0 Å². The third-order valence-electron chi connectivity index (χ3n) is 2.62. The second-order valence-corrected chi connectivity index (χ2v) is 5.10. The number of halogens is 1. The fourth-order valence-corrected chi connectivity index (χ4v) is 3.22. The molecule has 1 heterocycles. The van der Waals surface area contributed by atoms with E-state index in [9.17, 15) is 4.79 Å². The van der Waals surface area contributed by atoms with E-state index in [0.29, 0.717) is 5.02 Å². The summed E-state index contributed by atoms with van der Waals surface area (Å²) in [6.07, 6.45) is 0.898. The van der Waals surface area contributed by atoms with Gasteiger partial charge in [-0.05, 0) is 24.3 Å². The lowest BCUT2D eigenvalue weighted by Gasteiger charge is -1.95. The zero-order chi connectivity index (χ0) is 11.1. The van der Waals surface area contributed by atoms with E-state index in [0.717, 1.165) is 32.0 Å². The van der Waals surface area contributed by atoms with Gasteiger partial charge in [-0.15, -0.1) is 11.3 Å². The van der Waals surface area contributed by atoms with E-state index >= 15 is 0 Å². The van der Waals surface area contributed by atoms with Crippen LogP contribution in [0.5, 0.6) is 0 Å². The first kappa shape index (κ1) is 9.82. The molecule has 0 N–H and O–H groups in total. The van der Waals surface area contributed by atoms with Crippen molar-refractivity contribution in [3.8, 4) is 0 Å². The Labute approximate surface area is 101 Å². The van der Waals surface area contributed by atoms with Crippen molar-refractivity contribution in [2.24, 2.45) is 0 Å². The average Bonchev–Trinajstić information content (AvgIpc) is 2.66. The highest BCUT2D eigenvalue weighted by atomic mass is 35.5. The summed E-state index contributed by atoms with van der Waals surface area (Å²) in [5, 5.41) is 2.78. The zero-order valence-corrected chi connectivity index (χ0v) is 9.81. The van der Waals surface area contributed by atoms with Crippen LogP contribution < -0.4 is 0 Å². The van der Waals surface area contributed by atoms with Crippen LogP contribution in [0.15, 0.2) is 36.4 Å². The summed E-state index contributed by atoms with van der Waals surface area (Å²) in [6, 6.07) is 11.6. The maximum absolute atomic E-state index is 11.0. The first-order valence-corrected chi connectivity index (χ1v) is 6.05. The van der Waals surface area contributed by atoms with Crippen LogP contribution >= 0.6 is 22.9 Å². The maximum atomic E-state index is 11.0. The molecule has 0 aliphatic carbocycles. The molecule has 3 heteroatoms. The van der Waals surface area contributed by atoms with Gasteiger partial charge in [0, 0.05) is 30.8 Å². The number of rotatable bonds is 1. The average molecular weight is 247 g/mol. The lowest BCUT2D eigenvalue weighted by molar-refractivity contribution is 0.112.